The van der Waals surface area contributed by atoms with Gasteiger partial charge < -0.3 is 15.1 Å². The van der Waals surface area contributed by atoms with Crippen LogP contribution >= 0.6 is 23.1 Å². The van der Waals surface area contributed by atoms with Gasteiger partial charge in [0.25, 0.3) is 23.0 Å². The molecule has 0 unspecified atom stereocenters. The van der Waals surface area contributed by atoms with E-state index in [1.807, 2.05) is 30.3 Å². The lowest BCUT2D eigenvalue weighted by atomic mass is 10.2. The summed E-state index contributed by atoms with van der Waals surface area (Å²) in [5.74, 6) is -0.980. The molecule has 3 heterocycles. The number of amides is 4. The first-order chi connectivity index (χ1) is 15.5. The van der Waals surface area contributed by atoms with Crippen LogP contribution in [0.5, 0.6) is 0 Å². The largest absolute Gasteiger partial charge is 0.459 e. The van der Waals surface area contributed by atoms with Crippen molar-refractivity contribution in [2.24, 2.45) is 0 Å². The van der Waals surface area contributed by atoms with Crippen LogP contribution in [0.15, 0.2) is 70.2 Å². The van der Waals surface area contributed by atoms with Gasteiger partial charge in [-0.1, -0.05) is 30.3 Å². The van der Waals surface area contributed by atoms with Crippen LogP contribution in [0.25, 0.3) is 6.08 Å². The molecule has 2 N–H and O–H groups in total. The third-order valence-corrected chi connectivity index (χ3v) is 6.31. The maximum Gasteiger partial charge on any atom is 0.293 e. The molecule has 162 valence electrons. The lowest BCUT2D eigenvalue weighted by Gasteiger charge is -2.12. The lowest BCUT2D eigenvalue weighted by molar-refractivity contribution is -0.122. The van der Waals surface area contributed by atoms with Gasteiger partial charge in [0, 0.05) is 13.1 Å². The lowest BCUT2D eigenvalue weighted by Crippen LogP contribution is -2.37. The van der Waals surface area contributed by atoms with Crippen molar-refractivity contribution in [3.63, 3.8) is 0 Å². The van der Waals surface area contributed by atoms with Crippen LogP contribution in [0.1, 0.15) is 25.8 Å². The smallest absolute Gasteiger partial charge is 0.293 e. The van der Waals surface area contributed by atoms with Crippen LogP contribution < -0.4 is 10.6 Å². The molecule has 0 atom stereocenters. The molecule has 0 saturated carbocycles. The van der Waals surface area contributed by atoms with Crippen LogP contribution in [-0.2, 0) is 4.79 Å². The number of imide groups is 1. The Bertz CT molecular complexity index is 1190. The molecule has 8 nitrogen and oxygen atoms in total. The summed E-state index contributed by atoms with van der Waals surface area (Å²) in [5, 5.41) is 5.47. The van der Waals surface area contributed by atoms with Gasteiger partial charge in [0.15, 0.2) is 5.76 Å². The Kier molecular flexibility index (Phi) is 6.52. The predicted molar refractivity (Wildman–Crippen MR) is 122 cm³/mol. The Balaban J connectivity index is 1.29. The number of nitrogens with zero attached hydrogens (tertiary/aromatic N) is 1. The highest BCUT2D eigenvalue weighted by atomic mass is 32.2. The van der Waals surface area contributed by atoms with Gasteiger partial charge in [-0.25, -0.2) is 0 Å². The first-order valence-corrected chi connectivity index (χ1v) is 11.2. The van der Waals surface area contributed by atoms with E-state index in [1.165, 1.54) is 12.3 Å². The molecule has 0 radical (unpaired) electrons. The van der Waals surface area contributed by atoms with Gasteiger partial charge in [-0.3, -0.25) is 24.1 Å². The number of hydrogen-bond donors (Lipinski definition) is 2. The second kappa shape index (κ2) is 9.67. The molecule has 32 heavy (non-hydrogen) atoms. The van der Waals surface area contributed by atoms with Crippen LogP contribution in [0.4, 0.5) is 9.80 Å². The third-order valence-electron chi connectivity index (χ3n) is 4.40. The molecule has 1 aromatic carbocycles. The monoisotopic (exact) mass is 467 g/mol. The molecule has 4 rings (SSSR count). The molecule has 1 aliphatic rings. The second-order valence-electron chi connectivity index (χ2n) is 6.60. The predicted octanol–water partition coefficient (Wildman–Crippen LogP) is 4.06. The van der Waals surface area contributed by atoms with Crippen LogP contribution in [-0.4, -0.2) is 41.0 Å². The van der Waals surface area contributed by atoms with Crippen molar-refractivity contribution in [3.8, 4) is 0 Å². The minimum atomic E-state index is -0.410. The van der Waals surface area contributed by atoms with E-state index >= 15 is 0 Å². The quantitative estimate of drug-likeness (QED) is 0.507. The first-order valence-electron chi connectivity index (χ1n) is 9.54. The van der Waals surface area contributed by atoms with Gasteiger partial charge in [-0.15, -0.1) is 11.3 Å². The number of hydrogen-bond acceptors (Lipinski definition) is 7. The maximum atomic E-state index is 12.5. The molecule has 1 aliphatic heterocycles. The van der Waals surface area contributed by atoms with Crippen molar-refractivity contribution in [3.05, 3.63) is 82.0 Å². The number of thiophene rings is 1. The molecule has 4 amide bonds. The summed E-state index contributed by atoms with van der Waals surface area (Å²) in [4.78, 5) is 51.0. The van der Waals surface area contributed by atoms with Gasteiger partial charge in [0.1, 0.15) is 0 Å². The molecule has 0 spiro atoms. The summed E-state index contributed by atoms with van der Waals surface area (Å²) in [6.45, 7) is 0.178. The Hall–Kier alpha value is -3.63. The fraction of sp³-hybridized carbons (Fsp3) is 0.0909. The molecule has 1 fully saturated rings. The zero-order valence-corrected chi connectivity index (χ0v) is 18.2. The number of anilines is 1. The van der Waals surface area contributed by atoms with Crippen molar-refractivity contribution in [2.75, 3.05) is 18.4 Å². The number of carbonyl (C=O) groups is 4. The van der Waals surface area contributed by atoms with Crippen molar-refractivity contribution < 1.29 is 23.6 Å². The van der Waals surface area contributed by atoms with E-state index in [4.69, 9.17) is 4.42 Å². The van der Waals surface area contributed by atoms with Crippen LogP contribution in [0.2, 0.25) is 0 Å². The maximum absolute atomic E-state index is 12.5. The summed E-state index contributed by atoms with van der Waals surface area (Å²) in [5.41, 5.74) is 0.832. The van der Waals surface area contributed by atoms with E-state index in [0.717, 1.165) is 33.6 Å². The number of carbonyl (C=O) groups excluding carboxylic acids is 4. The molecule has 3 aromatic rings. The number of benzene rings is 1. The van der Waals surface area contributed by atoms with Gasteiger partial charge in [-0.05, 0) is 47.7 Å². The van der Waals surface area contributed by atoms with E-state index in [-0.39, 0.29) is 35.9 Å². The summed E-state index contributed by atoms with van der Waals surface area (Å²) < 4.78 is 5.03. The topological polar surface area (TPSA) is 109 Å². The molecule has 10 heteroatoms. The standard InChI is InChI=1S/C22H17N3O5S2/c26-19(15-7-4-12-30-15)24-18-9-8-16(31-18)20(27)23-10-11-25-21(28)17(32-22(25)29)13-14-5-2-1-3-6-14/h1-9,12-13H,10-11H2,(H,23,27)(H,24,26)/b17-13+. The van der Waals surface area contributed by atoms with E-state index in [2.05, 4.69) is 10.6 Å². The van der Waals surface area contributed by atoms with Crippen LogP contribution in [0, 0.1) is 0 Å². The Labute approximate surface area is 191 Å². The van der Waals surface area contributed by atoms with E-state index in [1.54, 1.807) is 24.3 Å². The van der Waals surface area contributed by atoms with E-state index in [0.29, 0.717) is 14.8 Å². The van der Waals surface area contributed by atoms with E-state index in [9.17, 15) is 19.2 Å². The Morgan fingerprint density at radius 1 is 1.00 bits per heavy atom. The summed E-state index contributed by atoms with van der Waals surface area (Å²) in [7, 11) is 0. The van der Waals surface area contributed by atoms with Crippen molar-refractivity contribution in [1.29, 1.82) is 0 Å². The highest BCUT2D eigenvalue weighted by molar-refractivity contribution is 8.18. The average molecular weight is 468 g/mol. The number of furan rings is 1. The fourth-order valence-corrected chi connectivity index (χ4v) is 4.55. The van der Waals surface area contributed by atoms with Gasteiger partial charge in [0.05, 0.1) is 21.0 Å². The zero-order valence-electron chi connectivity index (χ0n) is 16.6. The molecular formula is C22H17N3O5S2. The minimum Gasteiger partial charge on any atom is -0.459 e. The van der Waals surface area contributed by atoms with Crippen LogP contribution in [0.3, 0.4) is 0 Å². The van der Waals surface area contributed by atoms with Crippen molar-refractivity contribution in [2.45, 2.75) is 0 Å². The molecule has 2 aromatic heterocycles. The first kappa shape index (κ1) is 21.6. The average Bonchev–Trinajstić information content (AvgIpc) is 3.53. The van der Waals surface area contributed by atoms with Gasteiger partial charge >= 0.3 is 0 Å². The molecule has 1 saturated heterocycles. The zero-order chi connectivity index (χ0) is 22.5. The summed E-state index contributed by atoms with van der Waals surface area (Å²) in [6, 6.07) is 15.6. The highest BCUT2D eigenvalue weighted by Crippen LogP contribution is 2.31. The highest BCUT2D eigenvalue weighted by Gasteiger charge is 2.34. The molecular weight excluding hydrogens is 450 g/mol. The minimum absolute atomic E-state index is 0.0655. The Morgan fingerprint density at radius 3 is 2.56 bits per heavy atom. The fourth-order valence-electron chi connectivity index (χ4n) is 2.87. The van der Waals surface area contributed by atoms with Crippen molar-refractivity contribution in [1.82, 2.24) is 10.2 Å². The second-order valence-corrected chi connectivity index (χ2v) is 8.67. The molecule has 0 aliphatic carbocycles. The van der Waals surface area contributed by atoms with Gasteiger partial charge in [0.2, 0.25) is 0 Å². The summed E-state index contributed by atoms with van der Waals surface area (Å²) in [6.07, 6.45) is 3.07. The van der Waals surface area contributed by atoms with Gasteiger partial charge in [-0.2, -0.15) is 0 Å². The summed E-state index contributed by atoms with van der Waals surface area (Å²) >= 11 is 1.99. The van der Waals surface area contributed by atoms with Crippen molar-refractivity contribution >= 4 is 57.1 Å². The normalized spacial score (nSPS) is 14.8. The number of nitrogens with one attached hydrogen (secondary N) is 2. The number of thioether (sulfide) groups is 1. The molecule has 0 bridgehead atoms. The SMILES string of the molecule is O=C(Nc1ccc(C(=O)NCCN2C(=O)S/C(=C/c3ccccc3)C2=O)s1)c1ccco1. The Morgan fingerprint density at radius 2 is 1.81 bits per heavy atom. The number of rotatable bonds is 7. The van der Waals surface area contributed by atoms with E-state index < -0.39 is 5.91 Å². The third kappa shape index (κ3) is 4.98.